The lowest BCUT2D eigenvalue weighted by Crippen LogP contribution is -2.26. The standard InChI is InChI=1S/C69H42N2O2/c1-5-21-44(22-6-1)70(45-23-7-2-8-24-45)48-37-38-51-55(41-48)68-65(53-32-16-20-36-62(53)73-68)64-56-42-54-43(39-59(56)69(66(51)64)57-33-17-13-29-49(57)50-30-14-18-34-58(50)69)40-60(63-52-31-15-19-35-61(52)72-67(54)63)71(46-25-9-3-10-26-46)47-27-11-4-12-28-47/h1-42H. The Morgan fingerprint density at radius 2 is 0.781 bits per heavy atom. The average molecular weight is 931 g/mol. The summed E-state index contributed by atoms with van der Waals surface area (Å²) in [6.07, 6.45) is 0. The van der Waals surface area contributed by atoms with E-state index in [-0.39, 0.29) is 0 Å². The van der Waals surface area contributed by atoms with Crippen molar-refractivity contribution in [2.75, 3.05) is 9.80 Å². The van der Waals surface area contributed by atoms with E-state index < -0.39 is 5.41 Å². The van der Waals surface area contributed by atoms with Crippen molar-refractivity contribution in [1.29, 1.82) is 0 Å². The highest BCUT2D eigenvalue weighted by molar-refractivity contribution is 6.28. The first-order valence-electron chi connectivity index (χ1n) is 25.1. The molecule has 0 unspecified atom stereocenters. The summed E-state index contributed by atoms with van der Waals surface area (Å²) in [6.45, 7) is 0. The fourth-order valence-corrected chi connectivity index (χ4v) is 12.9. The highest BCUT2D eigenvalue weighted by Gasteiger charge is 2.53. The summed E-state index contributed by atoms with van der Waals surface area (Å²) < 4.78 is 14.4. The minimum Gasteiger partial charge on any atom is -0.455 e. The molecule has 16 rings (SSSR count). The zero-order valence-corrected chi connectivity index (χ0v) is 39.5. The van der Waals surface area contributed by atoms with Crippen LogP contribution in [0, 0.1) is 0 Å². The van der Waals surface area contributed by atoms with Crippen LogP contribution in [0.4, 0.5) is 34.1 Å². The molecule has 0 N–H and O–H groups in total. The van der Waals surface area contributed by atoms with Gasteiger partial charge in [-0.05, 0) is 146 Å². The number of anilines is 6. The normalized spacial score (nSPS) is 13.0. The summed E-state index contributed by atoms with van der Waals surface area (Å²) in [7, 11) is 0. The monoisotopic (exact) mass is 930 g/mol. The summed E-state index contributed by atoms with van der Waals surface area (Å²) in [5.74, 6) is 0. The first-order chi connectivity index (χ1) is 36.2. The summed E-state index contributed by atoms with van der Waals surface area (Å²) in [4.78, 5) is 4.74. The van der Waals surface area contributed by atoms with E-state index in [0.29, 0.717) is 0 Å². The second-order valence-electron chi connectivity index (χ2n) is 19.5. The first-order valence-corrected chi connectivity index (χ1v) is 25.1. The third kappa shape index (κ3) is 5.49. The molecule has 1 spiro atoms. The molecule has 0 atom stereocenters. The molecule has 0 aliphatic heterocycles. The summed E-state index contributed by atoms with van der Waals surface area (Å²) in [5.41, 5.74) is 19.2. The van der Waals surface area contributed by atoms with E-state index in [1.165, 1.54) is 44.5 Å². The zero-order valence-electron chi connectivity index (χ0n) is 39.5. The number of hydrogen-bond donors (Lipinski definition) is 0. The molecular formula is C69H42N2O2. The SMILES string of the molecule is c1ccc(N(c2ccccc2)c2ccc3c4c(c5c6ccccc6oc5c3c2)-c2cc3c(cc2C42c4ccccc4-c4ccccc42)cc(N(c2ccccc2)c2ccccc2)c2c4ccccc4oc32)cc1. The molecule has 4 nitrogen and oxygen atoms in total. The molecule has 0 bridgehead atoms. The molecule has 0 saturated heterocycles. The lowest BCUT2D eigenvalue weighted by atomic mass is 9.69. The van der Waals surface area contributed by atoms with Crippen molar-refractivity contribution in [3.05, 3.63) is 277 Å². The van der Waals surface area contributed by atoms with Gasteiger partial charge in [0.25, 0.3) is 0 Å². The molecule has 12 aromatic carbocycles. The smallest absolute Gasteiger partial charge is 0.145 e. The van der Waals surface area contributed by atoms with Crippen LogP contribution in [0.25, 0.3) is 87.7 Å². The second-order valence-corrected chi connectivity index (χ2v) is 19.5. The lowest BCUT2D eigenvalue weighted by Gasteiger charge is -2.32. The van der Waals surface area contributed by atoms with Crippen LogP contribution in [0.5, 0.6) is 0 Å². The van der Waals surface area contributed by atoms with E-state index in [4.69, 9.17) is 8.83 Å². The van der Waals surface area contributed by atoms with Gasteiger partial charge in [0, 0.05) is 55.4 Å². The van der Waals surface area contributed by atoms with E-state index >= 15 is 0 Å². The number of rotatable bonds is 6. The maximum Gasteiger partial charge on any atom is 0.145 e. The molecule has 340 valence electrons. The molecule has 2 aromatic heterocycles. The topological polar surface area (TPSA) is 32.8 Å². The molecule has 2 heterocycles. The highest BCUT2D eigenvalue weighted by Crippen LogP contribution is 2.67. The minimum absolute atomic E-state index is 0.696. The van der Waals surface area contributed by atoms with Gasteiger partial charge in [0.15, 0.2) is 0 Å². The van der Waals surface area contributed by atoms with Gasteiger partial charge >= 0.3 is 0 Å². The largest absolute Gasteiger partial charge is 0.455 e. The van der Waals surface area contributed by atoms with Crippen LogP contribution in [0.1, 0.15) is 22.3 Å². The second kappa shape index (κ2) is 15.2. The van der Waals surface area contributed by atoms with E-state index in [1.807, 2.05) is 0 Å². The molecule has 0 fully saturated rings. The van der Waals surface area contributed by atoms with Crippen LogP contribution in [-0.4, -0.2) is 0 Å². The number of hydrogen-bond acceptors (Lipinski definition) is 4. The van der Waals surface area contributed by atoms with Crippen LogP contribution in [0.2, 0.25) is 0 Å². The van der Waals surface area contributed by atoms with Crippen molar-refractivity contribution < 1.29 is 8.83 Å². The van der Waals surface area contributed by atoms with Crippen molar-refractivity contribution in [1.82, 2.24) is 0 Å². The Kier molecular flexibility index (Phi) is 8.35. The minimum atomic E-state index is -0.696. The van der Waals surface area contributed by atoms with E-state index in [9.17, 15) is 0 Å². The van der Waals surface area contributed by atoms with Gasteiger partial charge < -0.3 is 18.6 Å². The number of para-hydroxylation sites is 6. The fourth-order valence-electron chi connectivity index (χ4n) is 12.9. The van der Waals surface area contributed by atoms with E-state index in [2.05, 4.69) is 265 Å². The van der Waals surface area contributed by atoms with Crippen molar-refractivity contribution in [3.63, 3.8) is 0 Å². The predicted molar refractivity (Wildman–Crippen MR) is 302 cm³/mol. The Labute approximate surface area is 420 Å². The van der Waals surface area contributed by atoms with Gasteiger partial charge in [0.05, 0.1) is 16.5 Å². The molecule has 2 aliphatic carbocycles. The van der Waals surface area contributed by atoms with Gasteiger partial charge in [-0.2, -0.15) is 0 Å². The summed E-state index contributed by atoms with van der Waals surface area (Å²) in [5, 5.41) is 8.77. The number of nitrogens with zero attached hydrogens (tertiary/aromatic N) is 2. The Morgan fingerprint density at radius 1 is 0.301 bits per heavy atom. The van der Waals surface area contributed by atoms with Gasteiger partial charge in [0.1, 0.15) is 22.3 Å². The quantitative estimate of drug-likeness (QED) is 0.166. The Hall–Kier alpha value is -9.64. The summed E-state index contributed by atoms with van der Waals surface area (Å²) in [6, 6.07) is 92.5. The molecule has 73 heavy (non-hydrogen) atoms. The average Bonchev–Trinajstić information content (AvgIpc) is 4.25. The Bertz CT molecular complexity index is 4430. The van der Waals surface area contributed by atoms with Crippen molar-refractivity contribution >= 4 is 99.5 Å². The molecule has 0 amide bonds. The Balaban J connectivity index is 1.08. The first kappa shape index (κ1) is 40.1. The van der Waals surface area contributed by atoms with Crippen LogP contribution in [0.15, 0.2) is 264 Å². The van der Waals surface area contributed by atoms with Gasteiger partial charge in [-0.3, -0.25) is 0 Å². The van der Waals surface area contributed by atoms with Crippen molar-refractivity contribution in [3.8, 4) is 22.3 Å². The predicted octanol–water partition coefficient (Wildman–Crippen LogP) is 19.1. The highest BCUT2D eigenvalue weighted by atomic mass is 16.3. The summed E-state index contributed by atoms with van der Waals surface area (Å²) >= 11 is 0. The lowest BCUT2D eigenvalue weighted by molar-refractivity contribution is 0.672. The maximum absolute atomic E-state index is 7.22. The third-order valence-corrected chi connectivity index (χ3v) is 15.7. The van der Waals surface area contributed by atoms with Crippen LogP contribution < -0.4 is 9.80 Å². The van der Waals surface area contributed by atoms with E-state index in [0.717, 1.165) is 99.5 Å². The molecule has 0 radical (unpaired) electrons. The van der Waals surface area contributed by atoms with Crippen molar-refractivity contribution in [2.24, 2.45) is 0 Å². The number of benzene rings is 12. The maximum atomic E-state index is 7.22. The van der Waals surface area contributed by atoms with Gasteiger partial charge in [-0.15, -0.1) is 0 Å². The molecule has 4 heteroatoms. The zero-order chi connectivity index (χ0) is 47.8. The van der Waals surface area contributed by atoms with Crippen LogP contribution in [-0.2, 0) is 5.41 Å². The number of fused-ring (bicyclic) bond motifs is 22. The Morgan fingerprint density at radius 3 is 1.36 bits per heavy atom. The molecule has 0 saturated carbocycles. The fraction of sp³-hybridized carbons (Fsp3) is 0.0145. The van der Waals surface area contributed by atoms with Gasteiger partial charge in [-0.1, -0.05) is 164 Å². The van der Waals surface area contributed by atoms with Gasteiger partial charge in [0.2, 0.25) is 0 Å². The molecule has 14 aromatic rings. The van der Waals surface area contributed by atoms with Crippen LogP contribution >= 0.6 is 0 Å². The van der Waals surface area contributed by atoms with E-state index in [1.54, 1.807) is 0 Å². The third-order valence-electron chi connectivity index (χ3n) is 15.7. The van der Waals surface area contributed by atoms with Crippen molar-refractivity contribution in [2.45, 2.75) is 5.41 Å². The van der Waals surface area contributed by atoms with Gasteiger partial charge in [-0.25, -0.2) is 0 Å². The van der Waals surface area contributed by atoms with Crippen LogP contribution in [0.3, 0.4) is 0 Å². The molecular weight excluding hydrogens is 889 g/mol. The molecule has 2 aliphatic rings. The number of furan rings is 2.